The third-order valence-corrected chi connectivity index (χ3v) is 4.51. The molecule has 158 valence electrons. The molecule has 0 aliphatic heterocycles. The number of halogens is 1. The number of nitrogens with one attached hydrogen (secondary N) is 1. The first kappa shape index (κ1) is 24.8. The van der Waals surface area contributed by atoms with Crippen molar-refractivity contribution in [1.29, 1.82) is 5.26 Å². The molecule has 0 saturated heterocycles. The van der Waals surface area contributed by atoms with Gasteiger partial charge in [0.05, 0.1) is 13.2 Å². The van der Waals surface area contributed by atoms with E-state index in [1.165, 1.54) is 5.56 Å². The van der Waals surface area contributed by atoms with Crippen LogP contribution in [0.3, 0.4) is 0 Å². The van der Waals surface area contributed by atoms with Gasteiger partial charge < -0.3 is 19.9 Å². The van der Waals surface area contributed by atoms with Gasteiger partial charge in [-0.25, -0.2) is 0 Å². The van der Waals surface area contributed by atoms with E-state index in [1.54, 1.807) is 7.11 Å². The van der Waals surface area contributed by atoms with Crippen LogP contribution < -0.4 is 14.8 Å². The van der Waals surface area contributed by atoms with Gasteiger partial charge >= 0.3 is 0 Å². The molecule has 0 unspecified atom stereocenters. The van der Waals surface area contributed by atoms with Gasteiger partial charge in [-0.3, -0.25) is 0 Å². The number of nitrogens with zero attached hydrogens (tertiary/aromatic N) is 1. The fraction of sp³-hybridized carbons (Fsp3) is 0.435. The molecule has 0 spiro atoms. The van der Waals surface area contributed by atoms with E-state index in [9.17, 15) is 5.11 Å². The summed E-state index contributed by atoms with van der Waals surface area (Å²) in [4.78, 5) is 0. The van der Waals surface area contributed by atoms with Crippen molar-refractivity contribution in [3.63, 3.8) is 0 Å². The molecule has 0 aliphatic rings. The zero-order chi connectivity index (χ0) is 20.4. The number of methoxy groups -OCH3 is 1. The van der Waals surface area contributed by atoms with E-state index >= 15 is 0 Å². The number of aryl methyl sites for hydroxylation is 1. The van der Waals surface area contributed by atoms with E-state index in [2.05, 4.69) is 37.4 Å². The standard InChI is InChI=1S/C23H30N2O3.ClH/c1-23(2,15-19-8-10-21(27-3)11-9-19)25-16-20(26)17-28-22-12-6-18(7-13-22)5-4-14-24;/h6-13,20,25-26H,4-5,15-17H2,1-3H3;1H/t20-;/m1./s1. The summed E-state index contributed by atoms with van der Waals surface area (Å²) in [6.45, 7) is 4.90. The van der Waals surface area contributed by atoms with Crippen LogP contribution >= 0.6 is 12.4 Å². The first-order chi connectivity index (χ1) is 13.4. The summed E-state index contributed by atoms with van der Waals surface area (Å²) < 4.78 is 10.9. The molecule has 2 rings (SSSR count). The predicted molar refractivity (Wildman–Crippen MR) is 118 cm³/mol. The smallest absolute Gasteiger partial charge is 0.119 e. The third-order valence-electron chi connectivity index (χ3n) is 4.51. The van der Waals surface area contributed by atoms with Crippen LogP contribution in [0.4, 0.5) is 0 Å². The van der Waals surface area contributed by atoms with Gasteiger partial charge in [0.25, 0.3) is 0 Å². The molecule has 0 fully saturated rings. The van der Waals surface area contributed by atoms with E-state index in [4.69, 9.17) is 14.7 Å². The van der Waals surface area contributed by atoms with Crippen LogP contribution in [0, 0.1) is 11.3 Å². The second-order valence-corrected chi connectivity index (χ2v) is 7.56. The highest BCUT2D eigenvalue weighted by molar-refractivity contribution is 5.85. The minimum atomic E-state index is -0.603. The number of ether oxygens (including phenoxy) is 2. The lowest BCUT2D eigenvalue weighted by atomic mass is 9.94. The molecule has 0 radical (unpaired) electrons. The Labute approximate surface area is 180 Å². The zero-order valence-corrected chi connectivity index (χ0v) is 18.2. The summed E-state index contributed by atoms with van der Waals surface area (Å²) >= 11 is 0. The lowest BCUT2D eigenvalue weighted by Crippen LogP contribution is -2.46. The van der Waals surface area contributed by atoms with Gasteiger partial charge in [0.2, 0.25) is 0 Å². The Morgan fingerprint density at radius 1 is 1.03 bits per heavy atom. The average molecular weight is 419 g/mol. The highest BCUT2D eigenvalue weighted by Gasteiger charge is 2.19. The predicted octanol–water partition coefficient (Wildman–Crippen LogP) is 3.92. The molecular formula is C23H31ClN2O3. The molecule has 0 bridgehead atoms. The highest BCUT2D eigenvalue weighted by atomic mass is 35.5. The van der Waals surface area contributed by atoms with E-state index in [0.717, 1.165) is 29.9 Å². The first-order valence-electron chi connectivity index (χ1n) is 9.56. The molecular weight excluding hydrogens is 388 g/mol. The van der Waals surface area contributed by atoms with Crippen molar-refractivity contribution in [3.05, 3.63) is 59.7 Å². The number of rotatable bonds is 11. The largest absolute Gasteiger partial charge is 0.497 e. The minimum Gasteiger partial charge on any atom is -0.497 e. The molecule has 5 nitrogen and oxygen atoms in total. The Balaban J connectivity index is 0.00000420. The van der Waals surface area contributed by atoms with Gasteiger partial charge in [0.1, 0.15) is 24.2 Å². The number of aliphatic hydroxyl groups excluding tert-OH is 1. The van der Waals surface area contributed by atoms with E-state index in [0.29, 0.717) is 13.0 Å². The number of hydrogen-bond donors (Lipinski definition) is 2. The fourth-order valence-electron chi connectivity index (χ4n) is 2.91. The Morgan fingerprint density at radius 2 is 1.62 bits per heavy atom. The normalized spacial score (nSPS) is 11.8. The molecule has 6 heteroatoms. The summed E-state index contributed by atoms with van der Waals surface area (Å²) in [5.41, 5.74) is 2.16. The fourth-order valence-corrected chi connectivity index (χ4v) is 2.91. The molecule has 1 atom stereocenters. The van der Waals surface area contributed by atoms with Crippen LogP contribution in [0.1, 0.15) is 31.4 Å². The first-order valence-corrected chi connectivity index (χ1v) is 9.56. The molecule has 0 heterocycles. The van der Waals surface area contributed by atoms with Crippen molar-refractivity contribution in [3.8, 4) is 17.6 Å². The maximum absolute atomic E-state index is 10.2. The minimum absolute atomic E-state index is 0. The average Bonchev–Trinajstić information content (AvgIpc) is 2.70. The van der Waals surface area contributed by atoms with Gasteiger partial charge in [0.15, 0.2) is 0 Å². The summed E-state index contributed by atoms with van der Waals surface area (Å²) in [6, 6.07) is 17.8. The molecule has 0 aliphatic carbocycles. The number of nitriles is 1. The van der Waals surface area contributed by atoms with Gasteiger partial charge in [-0.2, -0.15) is 5.26 Å². The topological polar surface area (TPSA) is 74.5 Å². The van der Waals surface area contributed by atoms with E-state index in [1.807, 2.05) is 36.4 Å². The van der Waals surface area contributed by atoms with Gasteiger partial charge in [-0.15, -0.1) is 12.4 Å². The SMILES string of the molecule is COc1ccc(CC(C)(C)NC[C@@H](O)COc2ccc(CCC#N)cc2)cc1.Cl. The Bertz CT molecular complexity index is 755. The Kier molecular flexibility index (Phi) is 10.5. The summed E-state index contributed by atoms with van der Waals surface area (Å²) in [7, 11) is 1.66. The van der Waals surface area contributed by atoms with Crippen LogP contribution in [0.5, 0.6) is 11.5 Å². The maximum atomic E-state index is 10.2. The van der Waals surface area contributed by atoms with Crippen LogP contribution in [0.2, 0.25) is 0 Å². The molecule has 2 aromatic rings. The van der Waals surface area contributed by atoms with Crippen molar-refractivity contribution in [2.75, 3.05) is 20.3 Å². The number of β-amino-alcohol motifs (C(OH)–C–C–N with tert-alkyl or cyclic N) is 1. The number of hydrogen-bond acceptors (Lipinski definition) is 5. The second-order valence-electron chi connectivity index (χ2n) is 7.56. The lowest BCUT2D eigenvalue weighted by Gasteiger charge is -2.28. The van der Waals surface area contributed by atoms with Crippen molar-refractivity contribution >= 4 is 12.4 Å². The Morgan fingerprint density at radius 3 is 2.21 bits per heavy atom. The van der Waals surface area contributed by atoms with Crippen molar-refractivity contribution in [2.24, 2.45) is 0 Å². The molecule has 0 amide bonds. The monoisotopic (exact) mass is 418 g/mol. The summed E-state index contributed by atoms with van der Waals surface area (Å²) in [5, 5.41) is 22.3. The van der Waals surface area contributed by atoms with Crippen LogP contribution in [0.25, 0.3) is 0 Å². The van der Waals surface area contributed by atoms with E-state index in [-0.39, 0.29) is 24.6 Å². The quantitative estimate of drug-likeness (QED) is 0.578. The lowest BCUT2D eigenvalue weighted by molar-refractivity contribution is 0.0988. The summed E-state index contributed by atoms with van der Waals surface area (Å²) in [6.07, 6.45) is 1.49. The summed E-state index contributed by atoms with van der Waals surface area (Å²) in [5.74, 6) is 1.57. The molecule has 29 heavy (non-hydrogen) atoms. The van der Waals surface area contributed by atoms with Crippen molar-refractivity contribution < 1.29 is 14.6 Å². The number of benzene rings is 2. The maximum Gasteiger partial charge on any atom is 0.119 e. The van der Waals surface area contributed by atoms with Crippen molar-refractivity contribution in [2.45, 2.75) is 44.8 Å². The molecule has 2 N–H and O–H groups in total. The highest BCUT2D eigenvalue weighted by Crippen LogP contribution is 2.17. The van der Waals surface area contributed by atoms with Gasteiger partial charge in [-0.05, 0) is 62.1 Å². The van der Waals surface area contributed by atoms with Gasteiger partial charge in [-0.1, -0.05) is 24.3 Å². The Hall–Kier alpha value is -2.26. The third kappa shape index (κ3) is 9.19. The molecule has 0 saturated carbocycles. The molecule has 2 aromatic carbocycles. The van der Waals surface area contributed by atoms with Crippen LogP contribution in [-0.4, -0.2) is 37.0 Å². The second kappa shape index (κ2) is 12.3. The van der Waals surface area contributed by atoms with Crippen molar-refractivity contribution in [1.82, 2.24) is 5.32 Å². The zero-order valence-electron chi connectivity index (χ0n) is 17.4. The molecule has 0 aromatic heterocycles. The van der Waals surface area contributed by atoms with Gasteiger partial charge in [0, 0.05) is 18.5 Å². The van der Waals surface area contributed by atoms with Crippen LogP contribution in [0.15, 0.2) is 48.5 Å². The number of aliphatic hydroxyl groups is 1. The van der Waals surface area contributed by atoms with E-state index < -0.39 is 6.10 Å². The van der Waals surface area contributed by atoms with Crippen LogP contribution in [-0.2, 0) is 12.8 Å².